The van der Waals surface area contributed by atoms with Crippen LogP contribution in [0.2, 0.25) is 0 Å². The minimum absolute atomic E-state index is 0. The highest BCUT2D eigenvalue weighted by Crippen LogP contribution is 2.29. The number of halogens is 1. The molecule has 9 nitrogen and oxygen atoms in total. The van der Waals surface area contributed by atoms with Crippen LogP contribution >= 0.6 is 12.4 Å². The summed E-state index contributed by atoms with van der Waals surface area (Å²) in [5.74, 6) is 0.674. The highest BCUT2D eigenvalue weighted by atomic mass is 35.5. The van der Waals surface area contributed by atoms with Crippen LogP contribution in [0, 0.1) is 0 Å². The Morgan fingerprint density at radius 3 is 1.38 bits per heavy atom. The monoisotopic (exact) mass is 488 g/mol. The Labute approximate surface area is 203 Å². The summed E-state index contributed by atoms with van der Waals surface area (Å²) in [6.07, 6.45) is -1.55. The molecule has 0 bridgehead atoms. The molecule has 2 atom stereocenters. The van der Waals surface area contributed by atoms with Gasteiger partial charge in [0.2, 0.25) is 0 Å². The van der Waals surface area contributed by atoms with Crippen LogP contribution in [0.3, 0.4) is 0 Å². The van der Waals surface area contributed by atoms with Gasteiger partial charge >= 0.3 is 0 Å². The van der Waals surface area contributed by atoms with Crippen molar-refractivity contribution < 1.29 is 24.2 Å². The zero-order valence-corrected chi connectivity index (χ0v) is 19.3. The highest BCUT2D eigenvalue weighted by molar-refractivity contribution is 5.95. The van der Waals surface area contributed by atoms with Crippen molar-refractivity contribution in [3.05, 3.63) is 71.8 Å². The van der Waals surface area contributed by atoms with E-state index in [1.165, 1.54) is 0 Å². The third-order valence-corrected chi connectivity index (χ3v) is 5.01. The Bertz CT molecular complexity index is 986. The zero-order valence-electron chi connectivity index (χ0n) is 18.4. The summed E-state index contributed by atoms with van der Waals surface area (Å²) in [5, 5.41) is 24.2. The SMILES string of the molecule is Cl.NCC(O)CNC(=O)c1ccc(-c2ccc(-c3ccc(C(=O)NCC(O)CN)cc3)o2)cc1. The fourth-order valence-corrected chi connectivity index (χ4v) is 3.01. The lowest BCUT2D eigenvalue weighted by Crippen LogP contribution is -2.36. The molecule has 0 spiro atoms. The molecule has 2 amide bonds. The van der Waals surface area contributed by atoms with Gasteiger partial charge in [-0.05, 0) is 36.4 Å². The van der Waals surface area contributed by atoms with Gasteiger partial charge < -0.3 is 36.7 Å². The number of hydrogen-bond acceptors (Lipinski definition) is 7. The van der Waals surface area contributed by atoms with Crippen molar-refractivity contribution in [1.29, 1.82) is 0 Å². The molecular weight excluding hydrogens is 460 g/mol. The minimum Gasteiger partial charge on any atom is -0.456 e. The lowest BCUT2D eigenvalue weighted by atomic mass is 10.1. The largest absolute Gasteiger partial charge is 0.456 e. The molecule has 0 radical (unpaired) electrons. The van der Waals surface area contributed by atoms with Gasteiger partial charge in [-0.3, -0.25) is 9.59 Å². The summed E-state index contributed by atoms with van der Waals surface area (Å²) in [5.41, 5.74) is 13.2. The standard InChI is InChI=1S/C24H28N4O5.ClH/c25-11-19(29)13-27-23(31)17-5-1-15(2-6-17)21-9-10-22(33-21)16-3-7-18(8-4-16)24(32)28-14-20(30)12-26;/h1-10,19-20,29-30H,11-14,25-26H2,(H,27,31)(H,28,32);1H. The number of nitrogens with one attached hydrogen (secondary N) is 2. The molecule has 10 heteroatoms. The number of aliphatic hydroxyl groups is 2. The molecule has 34 heavy (non-hydrogen) atoms. The third kappa shape index (κ3) is 7.14. The number of carbonyl (C=O) groups excluding carboxylic acids is 2. The maximum absolute atomic E-state index is 12.1. The van der Waals surface area contributed by atoms with Crippen LogP contribution in [0.25, 0.3) is 22.6 Å². The van der Waals surface area contributed by atoms with E-state index in [4.69, 9.17) is 15.9 Å². The smallest absolute Gasteiger partial charge is 0.251 e. The molecule has 3 aromatic rings. The molecule has 0 saturated carbocycles. The van der Waals surface area contributed by atoms with E-state index >= 15 is 0 Å². The van der Waals surface area contributed by atoms with Crippen molar-refractivity contribution in [3.63, 3.8) is 0 Å². The summed E-state index contributed by atoms with van der Waals surface area (Å²) in [6.45, 7) is 0.341. The van der Waals surface area contributed by atoms with E-state index in [9.17, 15) is 19.8 Å². The van der Waals surface area contributed by atoms with Crippen molar-refractivity contribution in [3.8, 4) is 22.6 Å². The summed E-state index contributed by atoms with van der Waals surface area (Å²) in [6, 6.07) is 17.5. The van der Waals surface area contributed by atoms with Crippen LogP contribution in [0.4, 0.5) is 0 Å². The van der Waals surface area contributed by atoms with Crippen LogP contribution < -0.4 is 22.1 Å². The second kappa shape index (κ2) is 12.9. The fraction of sp³-hybridized carbons (Fsp3) is 0.250. The number of aliphatic hydroxyl groups excluding tert-OH is 2. The van der Waals surface area contributed by atoms with Gasteiger partial charge in [-0.2, -0.15) is 0 Å². The summed E-state index contributed by atoms with van der Waals surface area (Å²) < 4.78 is 5.95. The average Bonchev–Trinajstić information content (AvgIpc) is 3.35. The van der Waals surface area contributed by atoms with Gasteiger partial charge in [-0.15, -0.1) is 12.4 Å². The normalized spacial score (nSPS) is 12.4. The molecule has 2 unspecified atom stereocenters. The Kier molecular flexibility index (Phi) is 10.2. The number of carbonyl (C=O) groups is 2. The first-order valence-corrected chi connectivity index (χ1v) is 10.5. The van der Waals surface area contributed by atoms with E-state index in [1.54, 1.807) is 48.5 Å². The number of rotatable bonds is 10. The maximum atomic E-state index is 12.1. The Balaban J connectivity index is 0.00000408. The van der Waals surface area contributed by atoms with Crippen LogP contribution in [-0.4, -0.2) is 60.4 Å². The van der Waals surface area contributed by atoms with Crippen molar-refractivity contribution in [2.24, 2.45) is 11.5 Å². The predicted molar refractivity (Wildman–Crippen MR) is 132 cm³/mol. The second-order valence-electron chi connectivity index (χ2n) is 7.52. The van der Waals surface area contributed by atoms with E-state index in [0.29, 0.717) is 22.6 Å². The molecule has 182 valence electrons. The topological polar surface area (TPSA) is 164 Å². The number of hydrogen-bond donors (Lipinski definition) is 6. The molecule has 2 aromatic carbocycles. The van der Waals surface area contributed by atoms with E-state index in [-0.39, 0.29) is 50.4 Å². The summed E-state index contributed by atoms with van der Waals surface area (Å²) in [4.78, 5) is 24.3. The quantitative estimate of drug-likeness (QED) is 0.249. The van der Waals surface area contributed by atoms with Crippen LogP contribution in [0.15, 0.2) is 65.1 Å². The van der Waals surface area contributed by atoms with Gasteiger partial charge in [-0.1, -0.05) is 24.3 Å². The van der Waals surface area contributed by atoms with Gasteiger partial charge in [0.25, 0.3) is 11.8 Å². The van der Waals surface area contributed by atoms with Gasteiger partial charge in [0.15, 0.2) is 0 Å². The Morgan fingerprint density at radius 2 is 1.06 bits per heavy atom. The van der Waals surface area contributed by atoms with E-state index < -0.39 is 12.2 Å². The number of nitrogens with two attached hydrogens (primary N) is 2. The first-order chi connectivity index (χ1) is 15.9. The number of benzene rings is 2. The average molecular weight is 489 g/mol. The molecule has 0 aliphatic rings. The minimum atomic E-state index is -0.776. The molecule has 0 saturated heterocycles. The zero-order chi connectivity index (χ0) is 23.8. The lowest BCUT2D eigenvalue weighted by molar-refractivity contribution is 0.0914. The number of amides is 2. The van der Waals surface area contributed by atoms with Crippen molar-refractivity contribution in [1.82, 2.24) is 10.6 Å². The molecular formula is C24H29ClN4O5. The molecule has 0 aliphatic heterocycles. The van der Waals surface area contributed by atoms with Gasteiger partial charge in [0.1, 0.15) is 11.5 Å². The maximum Gasteiger partial charge on any atom is 0.251 e. The van der Waals surface area contributed by atoms with Crippen molar-refractivity contribution >= 4 is 24.2 Å². The van der Waals surface area contributed by atoms with Crippen molar-refractivity contribution in [2.45, 2.75) is 12.2 Å². The summed E-state index contributed by atoms with van der Waals surface area (Å²) >= 11 is 0. The van der Waals surface area contributed by atoms with Crippen molar-refractivity contribution in [2.75, 3.05) is 26.2 Å². The fourth-order valence-electron chi connectivity index (χ4n) is 3.01. The molecule has 1 aromatic heterocycles. The molecule has 1 heterocycles. The van der Waals surface area contributed by atoms with Gasteiger partial charge in [0, 0.05) is 48.4 Å². The Morgan fingerprint density at radius 1 is 0.706 bits per heavy atom. The molecule has 0 fully saturated rings. The van der Waals surface area contributed by atoms with E-state index in [0.717, 1.165) is 11.1 Å². The van der Waals surface area contributed by atoms with Gasteiger partial charge in [-0.25, -0.2) is 0 Å². The lowest BCUT2D eigenvalue weighted by Gasteiger charge is -2.09. The summed E-state index contributed by atoms with van der Waals surface area (Å²) in [7, 11) is 0. The molecule has 8 N–H and O–H groups in total. The first-order valence-electron chi connectivity index (χ1n) is 10.5. The van der Waals surface area contributed by atoms with Gasteiger partial charge in [0.05, 0.1) is 12.2 Å². The van der Waals surface area contributed by atoms with E-state index in [1.807, 2.05) is 12.1 Å². The van der Waals surface area contributed by atoms with Crippen LogP contribution in [0.5, 0.6) is 0 Å². The van der Waals surface area contributed by atoms with Crippen LogP contribution in [0.1, 0.15) is 20.7 Å². The van der Waals surface area contributed by atoms with Crippen LogP contribution in [-0.2, 0) is 0 Å². The number of furan rings is 1. The molecule has 3 rings (SSSR count). The van der Waals surface area contributed by atoms with E-state index in [2.05, 4.69) is 10.6 Å². The Hall–Kier alpha value is -3.21. The predicted octanol–water partition coefficient (Wildman–Crippen LogP) is 1.13. The third-order valence-electron chi connectivity index (χ3n) is 5.01. The first kappa shape index (κ1) is 27.0. The highest BCUT2D eigenvalue weighted by Gasteiger charge is 2.12. The molecule has 0 aliphatic carbocycles. The second-order valence-corrected chi connectivity index (χ2v) is 7.52.